The molecule has 0 aliphatic carbocycles. The molecule has 28 heavy (non-hydrogen) atoms. The van der Waals surface area contributed by atoms with Gasteiger partial charge >= 0.3 is 0 Å². The predicted octanol–water partition coefficient (Wildman–Crippen LogP) is 3.53. The molecule has 140 valence electrons. The lowest BCUT2D eigenvalue weighted by Crippen LogP contribution is -2.24. The molecule has 0 spiro atoms. The molecule has 0 aliphatic rings. The van der Waals surface area contributed by atoms with E-state index in [-0.39, 0.29) is 24.0 Å². The number of fused-ring (bicyclic) bond motifs is 1. The molecule has 4 rings (SSSR count). The number of nitrogens with one attached hydrogen (secondary N) is 2. The average molecular weight is 375 g/mol. The molecule has 2 aromatic carbocycles. The number of aromatic nitrogens is 1. The quantitative estimate of drug-likeness (QED) is 0.537. The van der Waals surface area contributed by atoms with E-state index in [0.717, 1.165) is 10.9 Å². The molecule has 7 heteroatoms. The molecular formula is C21H17N3O4. The van der Waals surface area contributed by atoms with Crippen LogP contribution in [-0.4, -0.2) is 17.0 Å². The van der Waals surface area contributed by atoms with E-state index >= 15 is 0 Å². The molecule has 2 N–H and O–H groups in total. The Morgan fingerprint density at radius 3 is 2.75 bits per heavy atom. The fourth-order valence-electron chi connectivity index (χ4n) is 2.84. The molecule has 0 unspecified atom stereocenters. The summed E-state index contributed by atoms with van der Waals surface area (Å²) in [6.07, 6.45) is 1.57. The fraction of sp³-hybridized carbons (Fsp3) is 0.0952. The number of benzene rings is 2. The summed E-state index contributed by atoms with van der Waals surface area (Å²) >= 11 is 0. The number of amides is 2. The first-order valence-electron chi connectivity index (χ1n) is 8.73. The van der Waals surface area contributed by atoms with Crippen LogP contribution in [0.4, 0.5) is 5.69 Å². The van der Waals surface area contributed by atoms with Crippen LogP contribution in [0.25, 0.3) is 11.0 Å². The SMILES string of the molecule is O=C(Cc1noc2ccccc12)NCc1cccc(NC(=O)c2ccco2)c1. The number of rotatable bonds is 6. The van der Waals surface area contributed by atoms with Crippen LogP contribution in [0, 0.1) is 0 Å². The van der Waals surface area contributed by atoms with Crippen molar-refractivity contribution in [3.63, 3.8) is 0 Å². The third-order valence-corrected chi connectivity index (χ3v) is 4.20. The van der Waals surface area contributed by atoms with Crippen LogP contribution >= 0.6 is 0 Å². The fourth-order valence-corrected chi connectivity index (χ4v) is 2.84. The Morgan fingerprint density at radius 1 is 1.00 bits per heavy atom. The van der Waals surface area contributed by atoms with Crippen molar-refractivity contribution in [2.75, 3.05) is 5.32 Å². The molecule has 2 aromatic heterocycles. The molecule has 0 fully saturated rings. The van der Waals surface area contributed by atoms with E-state index in [1.54, 1.807) is 24.3 Å². The maximum Gasteiger partial charge on any atom is 0.291 e. The first kappa shape index (κ1) is 17.5. The molecule has 2 amide bonds. The number of furan rings is 1. The van der Waals surface area contributed by atoms with Crippen LogP contribution in [0.3, 0.4) is 0 Å². The monoisotopic (exact) mass is 375 g/mol. The van der Waals surface area contributed by atoms with Crippen LogP contribution in [0.5, 0.6) is 0 Å². The maximum atomic E-state index is 12.3. The zero-order chi connectivity index (χ0) is 19.3. The first-order chi connectivity index (χ1) is 13.7. The zero-order valence-corrected chi connectivity index (χ0v) is 14.8. The number of carbonyl (C=O) groups is 2. The Bertz CT molecular complexity index is 1120. The van der Waals surface area contributed by atoms with E-state index in [9.17, 15) is 9.59 Å². The topological polar surface area (TPSA) is 97.4 Å². The first-order valence-corrected chi connectivity index (χ1v) is 8.73. The Kier molecular flexibility index (Phi) is 4.88. The van der Waals surface area contributed by atoms with Crippen LogP contribution in [-0.2, 0) is 17.8 Å². The minimum Gasteiger partial charge on any atom is -0.459 e. The summed E-state index contributed by atoms with van der Waals surface area (Å²) in [5.41, 5.74) is 2.74. The van der Waals surface area contributed by atoms with E-state index in [2.05, 4.69) is 15.8 Å². The average Bonchev–Trinajstić information content (AvgIpc) is 3.38. The molecule has 7 nitrogen and oxygen atoms in total. The van der Waals surface area contributed by atoms with Gasteiger partial charge in [0.1, 0.15) is 5.69 Å². The van der Waals surface area contributed by atoms with Gasteiger partial charge in [0.2, 0.25) is 5.91 Å². The van der Waals surface area contributed by atoms with Gasteiger partial charge in [0.05, 0.1) is 12.7 Å². The maximum absolute atomic E-state index is 12.3. The number of hydrogen-bond acceptors (Lipinski definition) is 5. The Hall–Kier alpha value is -3.87. The second kappa shape index (κ2) is 7.79. The third kappa shape index (κ3) is 3.93. The van der Waals surface area contributed by atoms with Crippen molar-refractivity contribution >= 4 is 28.5 Å². The van der Waals surface area contributed by atoms with Crippen molar-refractivity contribution in [2.45, 2.75) is 13.0 Å². The predicted molar refractivity (Wildman–Crippen MR) is 103 cm³/mol. The summed E-state index contributed by atoms with van der Waals surface area (Å²) in [6.45, 7) is 0.332. The van der Waals surface area contributed by atoms with Gasteiger partial charge in [-0.2, -0.15) is 0 Å². The van der Waals surface area contributed by atoms with Gasteiger partial charge in [0, 0.05) is 17.6 Å². The van der Waals surface area contributed by atoms with Crippen molar-refractivity contribution in [3.8, 4) is 0 Å². The summed E-state index contributed by atoms with van der Waals surface area (Å²) in [7, 11) is 0. The molecule has 2 heterocycles. The van der Waals surface area contributed by atoms with Gasteiger partial charge in [-0.1, -0.05) is 29.4 Å². The van der Waals surface area contributed by atoms with Crippen LogP contribution in [0.15, 0.2) is 75.9 Å². The number of carbonyl (C=O) groups excluding carboxylic acids is 2. The normalized spacial score (nSPS) is 10.7. The van der Waals surface area contributed by atoms with E-state index in [4.69, 9.17) is 8.94 Å². The second-order valence-electron chi connectivity index (χ2n) is 6.21. The zero-order valence-electron chi connectivity index (χ0n) is 14.8. The summed E-state index contributed by atoms with van der Waals surface area (Å²) in [5, 5.41) is 10.4. The van der Waals surface area contributed by atoms with Gasteiger partial charge in [-0.15, -0.1) is 0 Å². The van der Waals surface area contributed by atoms with Crippen molar-refractivity contribution < 1.29 is 18.5 Å². The van der Waals surface area contributed by atoms with Crippen molar-refractivity contribution in [3.05, 3.63) is 83.9 Å². The Balaban J connectivity index is 1.35. The summed E-state index contributed by atoms with van der Waals surface area (Å²) < 4.78 is 10.3. The highest BCUT2D eigenvalue weighted by molar-refractivity contribution is 6.02. The molecule has 0 saturated carbocycles. The summed E-state index contributed by atoms with van der Waals surface area (Å²) in [5.74, 6) is -0.258. The molecule has 4 aromatic rings. The van der Waals surface area contributed by atoms with Gasteiger partial charge in [0.15, 0.2) is 11.3 Å². The number of para-hydroxylation sites is 1. The van der Waals surface area contributed by atoms with Crippen LogP contribution in [0.2, 0.25) is 0 Å². The van der Waals surface area contributed by atoms with Gasteiger partial charge in [0.25, 0.3) is 5.91 Å². The molecular weight excluding hydrogens is 358 g/mol. The lowest BCUT2D eigenvalue weighted by Gasteiger charge is -2.08. The van der Waals surface area contributed by atoms with Gasteiger partial charge in [-0.25, -0.2) is 0 Å². The van der Waals surface area contributed by atoms with Gasteiger partial charge in [-0.3, -0.25) is 9.59 Å². The standard InChI is InChI=1S/C21H17N3O4/c25-20(12-17-16-7-1-2-8-18(16)28-24-17)22-13-14-5-3-6-15(11-14)23-21(26)19-9-4-10-27-19/h1-11H,12-13H2,(H,22,25)(H,23,26). The molecule has 0 aliphatic heterocycles. The molecule has 0 saturated heterocycles. The number of anilines is 1. The number of hydrogen-bond donors (Lipinski definition) is 2. The third-order valence-electron chi connectivity index (χ3n) is 4.20. The Labute approximate surface area is 160 Å². The number of nitrogens with zero attached hydrogens (tertiary/aromatic N) is 1. The van der Waals surface area contributed by atoms with Crippen LogP contribution in [0.1, 0.15) is 21.8 Å². The van der Waals surface area contributed by atoms with E-state index < -0.39 is 0 Å². The minimum atomic E-state index is -0.330. The van der Waals surface area contributed by atoms with Crippen LogP contribution < -0.4 is 10.6 Å². The highest BCUT2D eigenvalue weighted by atomic mass is 16.5. The lowest BCUT2D eigenvalue weighted by atomic mass is 10.1. The van der Waals surface area contributed by atoms with Crippen molar-refractivity contribution in [2.24, 2.45) is 0 Å². The Morgan fingerprint density at radius 2 is 1.89 bits per heavy atom. The van der Waals surface area contributed by atoms with Crippen molar-refractivity contribution in [1.29, 1.82) is 0 Å². The largest absolute Gasteiger partial charge is 0.459 e. The van der Waals surface area contributed by atoms with E-state index in [1.165, 1.54) is 6.26 Å². The van der Waals surface area contributed by atoms with Gasteiger partial charge in [-0.05, 0) is 42.0 Å². The lowest BCUT2D eigenvalue weighted by molar-refractivity contribution is -0.120. The molecule has 0 radical (unpaired) electrons. The van der Waals surface area contributed by atoms with Crippen molar-refractivity contribution in [1.82, 2.24) is 10.5 Å². The van der Waals surface area contributed by atoms with E-state index in [0.29, 0.717) is 23.5 Å². The summed E-state index contributed by atoms with van der Waals surface area (Å²) in [4.78, 5) is 24.3. The summed E-state index contributed by atoms with van der Waals surface area (Å²) in [6, 6.07) is 17.9. The van der Waals surface area contributed by atoms with E-state index in [1.807, 2.05) is 36.4 Å². The minimum absolute atomic E-state index is 0.131. The highest BCUT2D eigenvalue weighted by Crippen LogP contribution is 2.18. The second-order valence-corrected chi connectivity index (χ2v) is 6.21. The molecule has 0 atom stereocenters. The molecule has 0 bridgehead atoms. The van der Waals surface area contributed by atoms with Gasteiger partial charge < -0.3 is 19.6 Å². The highest BCUT2D eigenvalue weighted by Gasteiger charge is 2.12. The smallest absolute Gasteiger partial charge is 0.291 e.